The molecule has 5 aliphatic carbocycles. The van der Waals surface area contributed by atoms with Crippen LogP contribution >= 0.6 is 0 Å². The van der Waals surface area contributed by atoms with Gasteiger partial charge in [0.05, 0.1) is 89.8 Å². The summed E-state index contributed by atoms with van der Waals surface area (Å²) in [6, 6.07) is 4.01. The van der Waals surface area contributed by atoms with Crippen LogP contribution in [0.25, 0.3) is 6.08 Å². The van der Waals surface area contributed by atoms with Crippen LogP contribution in [0.15, 0.2) is 35.9 Å². The average Bonchev–Trinajstić information content (AvgIpc) is 0.671. The van der Waals surface area contributed by atoms with E-state index in [2.05, 4.69) is 40.7 Å². The lowest BCUT2D eigenvalue weighted by atomic mass is 9.33. The second-order valence-corrected chi connectivity index (χ2v) is 44.8. The fourth-order valence-electron chi connectivity index (χ4n) is 25.7. The molecule has 0 bridgehead atoms. The molecule has 0 aromatic heterocycles. The molecule has 28 N–H and O–H groups in total. The number of methoxy groups -OCH3 is 1. The van der Waals surface area contributed by atoms with Gasteiger partial charge >= 0.3 is 11.9 Å². The summed E-state index contributed by atoms with van der Waals surface area (Å²) in [5.41, 5.74) is -2.70. The lowest BCUT2D eigenvalue weighted by Crippen LogP contribution is -2.68. The Kier molecular flexibility index (Phi) is 36.9. The molecule has 16 rings (SSSR count). The van der Waals surface area contributed by atoms with E-state index in [1.807, 2.05) is 6.92 Å². The molecule has 57 atom stereocenters. The van der Waals surface area contributed by atoms with Crippen molar-refractivity contribution in [1.29, 1.82) is 0 Å². The number of rotatable bonds is 30. The highest BCUT2D eigenvalue weighted by Crippen LogP contribution is 2.76. The van der Waals surface area contributed by atoms with Crippen molar-refractivity contribution < 1.29 is 257 Å². The largest absolute Gasteiger partial charge is 0.504 e. The van der Waals surface area contributed by atoms with Crippen LogP contribution < -0.4 is 4.74 Å². The number of aliphatic hydroxyl groups is 27. The van der Waals surface area contributed by atoms with E-state index in [9.17, 15) is 148 Å². The molecule has 1 aromatic carbocycles. The third-order valence-electron chi connectivity index (χ3n) is 35.2. The summed E-state index contributed by atoms with van der Waals surface area (Å²) in [6.07, 6.45) is -79.9. The van der Waals surface area contributed by atoms with Gasteiger partial charge in [0.1, 0.15) is 208 Å². The maximum atomic E-state index is 15.5. The van der Waals surface area contributed by atoms with Crippen molar-refractivity contribution in [1.82, 2.24) is 0 Å². The summed E-state index contributed by atoms with van der Waals surface area (Å²) in [5, 5.41) is 314. The van der Waals surface area contributed by atoms with Gasteiger partial charge in [-0.25, -0.2) is 4.79 Å². The number of hydrogen-bond acceptors (Lipinski definition) is 52. The van der Waals surface area contributed by atoms with Gasteiger partial charge in [0.25, 0.3) is 0 Å². The number of phenolic OH excluding ortho intramolecular Hbond substituents is 1. The molecule has 52 nitrogen and oxygen atoms in total. The third kappa shape index (κ3) is 22.3. The number of esters is 2. The molecule has 856 valence electrons. The molecule has 0 amide bonds. The number of phenols is 1. The molecule has 10 heterocycles. The zero-order chi connectivity index (χ0) is 109. The summed E-state index contributed by atoms with van der Waals surface area (Å²) in [4.78, 5) is 29.5. The third-order valence-corrected chi connectivity index (χ3v) is 35.2. The van der Waals surface area contributed by atoms with Crippen molar-refractivity contribution in [2.75, 3.05) is 60.0 Å². The highest BCUT2D eigenvalue weighted by atomic mass is 16.8. The smallest absolute Gasteiger partial charge is 0.331 e. The van der Waals surface area contributed by atoms with Crippen LogP contribution in [0.1, 0.15) is 132 Å². The monoisotopic (exact) mass is 2160 g/mol. The van der Waals surface area contributed by atoms with Crippen LogP contribution in [0.4, 0.5) is 0 Å². The molecule has 1 aromatic rings. The molecule has 150 heavy (non-hydrogen) atoms. The fourth-order valence-corrected chi connectivity index (χ4v) is 25.7. The number of benzene rings is 1. The van der Waals surface area contributed by atoms with Crippen molar-refractivity contribution in [3.63, 3.8) is 0 Å². The quantitative estimate of drug-likeness (QED) is 0.0147. The highest BCUT2D eigenvalue weighted by Gasteiger charge is 2.72. The Hall–Kier alpha value is -4.60. The second kappa shape index (κ2) is 47.0. The van der Waals surface area contributed by atoms with E-state index < -0.39 is 399 Å². The molecule has 4 saturated carbocycles. The number of carbonyl (C=O) groups is 2. The zero-order valence-electron chi connectivity index (χ0n) is 84.5. The Balaban J connectivity index is 0.550. The number of ether oxygens (including phenoxy) is 22. The maximum Gasteiger partial charge on any atom is 0.331 e. The van der Waals surface area contributed by atoms with E-state index in [4.69, 9.17) is 104 Å². The van der Waals surface area contributed by atoms with Gasteiger partial charge in [0, 0.05) is 11.5 Å². The molecule has 14 fully saturated rings. The van der Waals surface area contributed by atoms with Crippen LogP contribution in [0.2, 0.25) is 0 Å². The number of aromatic hydroxyl groups is 1. The molecule has 10 saturated heterocycles. The summed E-state index contributed by atoms with van der Waals surface area (Å²) >= 11 is 0. The Morgan fingerprint density at radius 1 is 0.407 bits per heavy atom. The standard InChI is InChI=1S/C98H152O52/c1-35-54(106)62(114)69(121)82(134-35)131-31-47-58(110)64(116)71(123)87(141-47)148-79-61(113)44(27-99)137-91(81(79)144-53(105)16-12-38-11-14-43(129-10)41(103)25-38)146-77-46(29-101)139-86(74(126)67(77)119)140-49-33-133-84(68(120)60(49)112)147-78-56(108)37(3)136-89(75(78)127)149-80-57(109)42(104)30-130-90(80)143-52-18-19-94(6)50(95(52,7)34-102)17-20-97(9)51(94)15-13-39-40-26-93(4,5)21-23-98(40,24-22-96(39,97)8)92(128)150-88-72(124)65(117)59(111)48(142-88)32-132-83-73(125)66(118)76(45(28-100)138-83)145-85-70(122)63(115)55(107)36(2)135-85/h11-14,16,25,35-37,40,42,44-52,54-91,99-104,106-127H,15,17-24,26-34H2,1-10H3/t35-,36-,37-,40?,42-,44+,45+,46+,47+,48+,49+,50+,51+,52-,54-,55-,56-,57-,58+,59+,60+,61+,62+,63+,64-,65-,66+,67+,68+,69+,70+,71+,72+,73+,74+,75+,76+,77+,78+,79-,80+,81+,82+,83+,84-,85-,86-,87-,88-,89-,90-,91-,94-,95-,96+,97+,98-/m0/s1. The Labute approximate surface area is 862 Å². The topological polar surface area (TPSA) is 804 Å². The Morgan fingerprint density at radius 3 is 1.50 bits per heavy atom. The maximum absolute atomic E-state index is 15.5. The number of allylic oxidation sites excluding steroid dienone is 2. The van der Waals surface area contributed by atoms with Crippen molar-refractivity contribution >= 4 is 18.0 Å². The fraction of sp³-hybridized carbons (Fsp3) is 0.878. The lowest BCUT2D eigenvalue weighted by Gasteiger charge is -2.71. The number of fused-ring (bicyclic) bond motifs is 7. The van der Waals surface area contributed by atoms with Gasteiger partial charge in [0.15, 0.2) is 74.2 Å². The molecular weight excluding hydrogens is 2010 g/mol. The lowest BCUT2D eigenvalue weighted by molar-refractivity contribution is -0.391. The van der Waals surface area contributed by atoms with Crippen molar-refractivity contribution in [2.45, 2.75) is 427 Å². The predicted molar refractivity (Wildman–Crippen MR) is 491 cm³/mol. The minimum atomic E-state index is -2.28. The van der Waals surface area contributed by atoms with Gasteiger partial charge in [-0.3, -0.25) is 4.79 Å². The zero-order valence-corrected chi connectivity index (χ0v) is 84.5. The first kappa shape index (κ1) is 118. The molecule has 0 radical (unpaired) electrons. The number of carbonyl (C=O) groups excluding carboxylic acids is 2. The number of aliphatic hydroxyl groups excluding tert-OH is 27. The van der Waals surface area contributed by atoms with Crippen LogP contribution in [0.3, 0.4) is 0 Å². The molecule has 0 spiro atoms. The van der Waals surface area contributed by atoms with Crippen LogP contribution in [0.5, 0.6) is 11.5 Å². The van der Waals surface area contributed by atoms with Crippen molar-refractivity contribution in [3.8, 4) is 11.5 Å². The highest BCUT2D eigenvalue weighted by molar-refractivity contribution is 5.87. The van der Waals surface area contributed by atoms with Crippen LogP contribution in [-0.2, 0) is 109 Å². The van der Waals surface area contributed by atoms with Crippen molar-refractivity contribution in [2.24, 2.45) is 50.2 Å². The van der Waals surface area contributed by atoms with E-state index in [0.717, 1.165) is 17.7 Å². The van der Waals surface area contributed by atoms with Gasteiger partial charge < -0.3 is 247 Å². The van der Waals surface area contributed by atoms with Gasteiger partial charge in [-0.2, -0.15) is 0 Å². The molecule has 52 heteroatoms. The summed E-state index contributed by atoms with van der Waals surface area (Å²) < 4.78 is 131. The minimum absolute atomic E-state index is 0.0300. The van der Waals surface area contributed by atoms with Gasteiger partial charge in [-0.05, 0) is 148 Å². The molecule has 1 unspecified atom stereocenters. The predicted octanol–water partition coefficient (Wildman–Crippen LogP) is -9.78. The molecular formula is C98H152O52. The van der Waals surface area contributed by atoms with Crippen molar-refractivity contribution in [3.05, 3.63) is 41.5 Å². The van der Waals surface area contributed by atoms with Gasteiger partial charge in [-0.15, -0.1) is 0 Å². The Bertz CT molecular complexity index is 4680. The summed E-state index contributed by atoms with van der Waals surface area (Å²) in [7, 11) is 1.29. The second-order valence-electron chi connectivity index (χ2n) is 44.8. The van der Waals surface area contributed by atoms with E-state index >= 15 is 4.79 Å². The minimum Gasteiger partial charge on any atom is -0.504 e. The van der Waals surface area contributed by atoms with Gasteiger partial charge in [0.2, 0.25) is 6.29 Å². The number of hydrogen-bond donors (Lipinski definition) is 28. The van der Waals surface area contributed by atoms with E-state index in [1.165, 1.54) is 46.1 Å². The Morgan fingerprint density at radius 2 is 0.893 bits per heavy atom. The van der Waals surface area contributed by atoms with Crippen LogP contribution in [-0.4, -0.2) is 516 Å². The summed E-state index contributed by atoms with van der Waals surface area (Å²) in [5.74, 6) is -2.94. The first-order valence-corrected chi connectivity index (χ1v) is 51.3. The van der Waals surface area contributed by atoms with E-state index in [0.29, 0.717) is 64.2 Å². The first-order chi connectivity index (χ1) is 70.8. The normalized spacial score (nSPS) is 51.5. The molecule has 15 aliphatic rings. The van der Waals surface area contributed by atoms with Gasteiger partial charge in [-0.1, -0.05) is 59.3 Å². The SMILES string of the molecule is COc1ccc(C=CC(=O)O[C@H]2[C@H](O[C@H]3[C@H](O)[C@@H](O)[C@H](O[C@@H]4CO[C@@H](O[C@@H]5[C@@H](O)[C@H](C)O[C@@H](O[C@H]6[C@H](O[C@H]7CC[C@@]8(C)[C@@H](CC[C@]9(C)[C@@H]8CC=C8C%10CC(C)(C)CC[C@]%10(C(=O)O[C@@H]%10O[C@H](CO[C@@H]%11O[C@H](CO)[C@@H](O[C@@H]%12O[C@@H](C)[C@H](O)[C@@H](O)[C@H]%12O)[C@H](O)[C@H]%11O)[C@@H](O)[C@H](O)[C@H]%10O)CC[C@]89C)[C@]7(C)CO)OC[C@H](O)[C@@H]6O)[C@@H]5O)[C@H](O)[C@@H]4O)O[C@@H]3CO)O[C@H](CO)[C@@H](O)[C@@H]2O[C@@H]2O[C@H](CO[C@@H]3O[C@@H](C)[C@H](O)[C@@H](O)[C@H]3O)[C@@H](O)[C@H](O)[C@H]2O)cc1O. The van der Waals surface area contributed by atoms with E-state index in [-0.39, 0.29) is 34.3 Å². The average molecular weight is 2160 g/mol. The summed E-state index contributed by atoms with van der Waals surface area (Å²) in [6.45, 7) is 10.9. The van der Waals surface area contributed by atoms with E-state index in [1.54, 1.807) is 0 Å². The van der Waals surface area contributed by atoms with Crippen LogP contribution in [0, 0.1) is 50.2 Å². The molecule has 10 aliphatic heterocycles. The first-order valence-electron chi connectivity index (χ1n) is 51.3.